The number of nitrogens with zero attached hydrogens (tertiary/aromatic N) is 1. The van der Waals surface area contributed by atoms with Crippen LogP contribution in [0, 0.1) is 0 Å². The van der Waals surface area contributed by atoms with E-state index in [1.807, 2.05) is 0 Å². The Morgan fingerprint density at radius 2 is 2.07 bits per heavy atom. The van der Waals surface area contributed by atoms with Crippen molar-refractivity contribution in [2.75, 3.05) is 18.5 Å². The fraction of sp³-hybridized carbons (Fsp3) is 0.455. The molecule has 1 aromatic rings. The molecule has 1 nitrogen and oxygen atoms in total. The molecule has 0 aliphatic carbocycles. The highest BCUT2D eigenvalue weighted by Gasteiger charge is 2.03. The average Bonchev–Trinajstić information content (AvgIpc) is 2.18. The van der Waals surface area contributed by atoms with E-state index in [1.165, 1.54) is 22.1 Å². The van der Waals surface area contributed by atoms with E-state index in [0.29, 0.717) is 0 Å². The molecule has 0 bridgehead atoms. The Bertz CT molecular complexity index is 299. The lowest BCUT2D eigenvalue weighted by Crippen LogP contribution is -2.17. The quantitative estimate of drug-likeness (QED) is 0.752. The van der Waals surface area contributed by atoms with Crippen molar-refractivity contribution < 1.29 is 0 Å². The summed E-state index contributed by atoms with van der Waals surface area (Å²) >= 11 is 7.03. The van der Waals surface area contributed by atoms with Gasteiger partial charge in [0, 0.05) is 29.1 Å². The van der Waals surface area contributed by atoms with Gasteiger partial charge in [-0.3, -0.25) is 0 Å². The molecule has 14 heavy (non-hydrogen) atoms. The summed E-state index contributed by atoms with van der Waals surface area (Å²) in [5, 5.41) is 0.894. The van der Waals surface area contributed by atoms with Crippen LogP contribution in [0.25, 0.3) is 0 Å². The Labute approximate surface area is 103 Å². The molecule has 3 heteroatoms. The molecule has 0 saturated carbocycles. The first-order chi connectivity index (χ1) is 6.69. The van der Waals surface area contributed by atoms with E-state index in [1.54, 1.807) is 0 Å². The van der Waals surface area contributed by atoms with Crippen LogP contribution in [0.4, 0.5) is 5.69 Å². The van der Waals surface area contributed by atoms with Gasteiger partial charge in [-0.25, -0.2) is 0 Å². The van der Waals surface area contributed by atoms with Gasteiger partial charge in [0.25, 0.3) is 0 Å². The maximum Gasteiger partial charge on any atom is 0.0375 e. The molecule has 0 amide bonds. The van der Waals surface area contributed by atoms with E-state index in [0.717, 1.165) is 11.9 Å². The molecule has 0 saturated heterocycles. The lowest BCUT2D eigenvalue weighted by atomic mass is 10.2. The van der Waals surface area contributed by atoms with Crippen molar-refractivity contribution in [3.05, 3.63) is 28.2 Å². The molecular weight excluding hydrogens is 306 g/mol. The molecule has 1 aromatic carbocycles. The second-order valence-corrected chi connectivity index (χ2v) is 4.75. The highest BCUT2D eigenvalue weighted by molar-refractivity contribution is 9.10. The summed E-state index contributed by atoms with van der Waals surface area (Å²) in [5.74, 6) is 0. The van der Waals surface area contributed by atoms with Gasteiger partial charge in [-0.15, -0.1) is 0 Å². The van der Waals surface area contributed by atoms with E-state index in [2.05, 4.69) is 68.9 Å². The van der Waals surface area contributed by atoms with Crippen molar-refractivity contribution in [2.45, 2.75) is 18.7 Å². The third-order valence-corrected chi connectivity index (χ3v) is 3.52. The Balaban J connectivity index is 2.85. The number of hydrogen-bond donors (Lipinski definition) is 0. The summed E-state index contributed by atoms with van der Waals surface area (Å²) in [6, 6.07) is 6.49. The molecule has 0 N–H and O–H groups in total. The van der Waals surface area contributed by atoms with Crippen LogP contribution < -0.4 is 4.90 Å². The van der Waals surface area contributed by atoms with Crippen LogP contribution in [0.3, 0.4) is 0 Å². The third kappa shape index (κ3) is 2.99. The van der Waals surface area contributed by atoms with E-state index in [4.69, 9.17) is 0 Å². The van der Waals surface area contributed by atoms with E-state index >= 15 is 0 Å². The van der Waals surface area contributed by atoms with Gasteiger partial charge in [0.2, 0.25) is 0 Å². The van der Waals surface area contributed by atoms with E-state index in [9.17, 15) is 0 Å². The number of halogens is 2. The van der Waals surface area contributed by atoms with Crippen molar-refractivity contribution >= 4 is 37.5 Å². The maximum absolute atomic E-state index is 3.57. The molecule has 0 atom stereocenters. The summed E-state index contributed by atoms with van der Waals surface area (Å²) in [5.41, 5.74) is 2.56. The summed E-state index contributed by atoms with van der Waals surface area (Å²) in [6.45, 7) is 3.29. The first-order valence-corrected chi connectivity index (χ1v) is 6.66. The van der Waals surface area contributed by atoms with Crippen LogP contribution >= 0.6 is 31.9 Å². The molecule has 0 aromatic heterocycles. The third-order valence-electron chi connectivity index (χ3n) is 2.18. The van der Waals surface area contributed by atoms with Gasteiger partial charge in [0.05, 0.1) is 0 Å². The fourth-order valence-electron chi connectivity index (χ4n) is 1.35. The van der Waals surface area contributed by atoms with Crippen molar-refractivity contribution in [3.8, 4) is 0 Å². The number of rotatable bonds is 4. The van der Waals surface area contributed by atoms with Crippen LogP contribution in [-0.4, -0.2) is 13.6 Å². The molecule has 0 aliphatic heterocycles. The summed E-state index contributed by atoms with van der Waals surface area (Å²) < 4.78 is 1.18. The molecule has 0 spiro atoms. The van der Waals surface area contributed by atoms with Crippen LogP contribution in [0.1, 0.15) is 18.9 Å². The molecule has 0 aliphatic rings. The molecular formula is C11H15Br2N. The van der Waals surface area contributed by atoms with Crippen LogP contribution in [-0.2, 0) is 5.33 Å². The van der Waals surface area contributed by atoms with Gasteiger partial charge in [-0.2, -0.15) is 0 Å². The Kier molecular flexibility index (Phi) is 4.96. The summed E-state index contributed by atoms with van der Waals surface area (Å²) in [4.78, 5) is 2.27. The number of anilines is 1. The zero-order valence-electron chi connectivity index (χ0n) is 8.56. The molecule has 78 valence electrons. The van der Waals surface area contributed by atoms with Gasteiger partial charge in [0.1, 0.15) is 0 Å². The topological polar surface area (TPSA) is 3.24 Å². The van der Waals surface area contributed by atoms with E-state index in [-0.39, 0.29) is 0 Å². The van der Waals surface area contributed by atoms with Crippen molar-refractivity contribution in [1.29, 1.82) is 0 Å². The summed E-state index contributed by atoms with van der Waals surface area (Å²) in [7, 11) is 2.12. The van der Waals surface area contributed by atoms with Gasteiger partial charge in [-0.1, -0.05) is 44.8 Å². The highest BCUT2D eigenvalue weighted by Crippen LogP contribution is 2.25. The maximum atomic E-state index is 3.57. The van der Waals surface area contributed by atoms with Crippen molar-refractivity contribution in [3.63, 3.8) is 0 Å². The van der Waals surface area contributed by atoms with Crippen molar-refractivity contribution in [1.82, 2.24) is 0 Å². The normalized spacial score (nSPS) is 10.3. The number of hydrogen-bond acceptors (Lipinski definition) is 1. The minimum Gasteiger partial charge on any atom is -0.375 e. The van der Waals surface area contributed by atoms with Gasteiger partial charge >= 0.3 is 0 Å². The molecule has 0 radical (unpaired) electrons. The largest absolute Gasteiger partial charge is 0.375 e. The zero-order chi connectivity index (χ0) is 10.6. The standard InChI is InChI=1S/C11H15Br2N/c1-3-6-14(2)10-5-4-9(8-12)11(13)7-10/h4-5,7H,3,6,8H2,1-2H3. The van der Waals surface area contributed by atoms with Gasteiger partial charge < -0.3 is 4.90 Å². The monoisotopic (exact) mass is 319 g/mol. The summed E-state index contributed by atoms with van der Waals surface area (Å²) in [6.07, 6.45) is 1.17. The SMILES string of the molecule is CCCN(C)c1ccc(CBr)c(Br)c1. The molecule has 0 unspecified atom stereocenters. The average molecular weight is 321 g/mol. The fourth-order valence-corrected chi connectivity index (χ4v) is 2.72. The minimum absolute atomic E-state index is 0.894. The molecule has 1 rings (SSSR count). The predicted molar refractivity (Wildman–Crippen MR) is 70.3 cm³/mol. The smallest absolute Gasteiger partial charge is 0.0375 e. The first kappa shape index (κ1) is 12.1. The van der Waals surface area contributed by atoms with Crippen LogP contribution in [0.2, 0.25) is 0 Å². The number of alkyl halides is 1. The second kappa shape index (κ2) is 5.76. The number of benzene rings is 1. The van der Waals surface area contributed by atoms with Gasteiger partial charge in [0.15, 0.2) is 0 Å². The molecule has 0 heterocycles. The Hall–Kier alpha value is -0.0200. The van der Waals surface area contributed by atoms with Crippen LogP contribution in [0.5, 0.6) is 0 Å². The van der Waals surface area contributed by atoms with Crippen molar-refractivity contribution in [2.24, 2.45) is 0 Å². The second-order valence-electron chi connectivity index (χ2n) is 3.33. The van der Waals surface area contributed by atoms with E-state index < -0.39 is 0 Å². The molecule has 0 fully saturated rings. The highest BCUT2D eigenvalue weighted by atomic mass is 79.9. The lowest BCUT2D eigenvalue weighted by molar-refractivity contribution is 0.852. The zero-order valence-corrected chi connectivity index (χ0v) is 11.7. The van der Waals surface area contributed by atoms with Crippen LogP contribution in [0.15, 0.2) is 22.7 Å². The van der Waals surface area contributed by atoms with Gasteiger partial charge in [-0.05, 0) is 24.1 Å². The Morgan fingerprint density at radius 1 is 1.36 bits per heavy atom. The lowest BCUT2D eigenvalue weighted by Gasteiger charge is -2.19. The Morgan fingerprint density at radius 3 is 2.57 bits per heavy atom. The first-order valence-electron chi connectivity index (χ1n) is 4.74. The minimum atomic E-state index is 0.894. The predicted octanol–water partition coefficient (Wildman–Crippen LogP) is 4.19.